The highest BCUT2D eigenvalue weighted by atomic mass is 15.3. The Morgan fingerprint density at radius 2 is 2.00 bits per heavy atom. The molecule has 2 heterocycles. The summed E-state index contributed by atoms with van der Waals surface area (Å²) in [6, 6.07) is 10.1. The molecule has 0 bridgehead atoms. The standard InChI is InChI=1S/C16H17N5/c1-2-18-16(15-11-17-8-9-19-15)13-10-20-21(12-13)14-6-4-3-5-7-14/h3-12,16,18H,2H2,1H3. The molecule has 0 aliphatic heterocycles. The van der Waals surface area contributed by atoms with E-state index in [0.29, 0.717) is 0 Å². The van der Waals surface area contributed by atoms with E-state index in [9.17, 15) is 0 Å². The molecule has 21 heavy (non-hydrogen) atoms. The fourth-order valence-electron chi connectivity index (χ4n) is 2.26. The third kappa shape index (κ3) is 2.98. The fraction of sp³-hybridized carbons (Fsp3) is 0.188. The summed E-state index contributed by atoms with van der Waals surface area (Å²) < 4.78 is 1.87. The van der Waals surface area contributed by atoms with Crippen molar-refractivity contribution in [2.75, 3.05) is 6.54 Å². The van der Waals surface area contributed by atoms with Crippen molar-refractivity contribution in [3.05, 3.63) is 72.6 Å². The van der Waals surface area contributed by atoms with E-state index >= 15 is 0 Å². The number of para-hydroxylation sites is 1. The first kappa shape index (κ1) is 13.5. The average molecular weight is 279 g/mol. The van der Waals surface area contributed by atoms with Crippen LogP contribution >= 0.6 is 0 Å². The first-order valence-corrected chi connectivity index (χ1v) is 6.97. The van der Waals surface area contributed by atoms with Gasteiger partial charge >= 0.3 is 0 Å². The summed E-state index contributed by atoms with van der Waals surface area (Å²) >= 11 is 0. The number of benzene rings is 1. The summed E-state index contributed by atoms with van der Waals surface area (Å²) in [6.45, 7) is 2.92. The molecule has 1 unspecified atom stereocenters. The predicted octanol–water partition coefficient (Wildman–Crippen LogP) is 2.36. The van der Waals surface area contributed by atoms with E-state index in [1.807, 2.05) is 47.4 Å². The van der Waals surface area contributed by atoms with Crippen molar-refractivity contribution in [2.45, 2.75) is 13.0 Å². The van der Waals surface area contributed by atoms with Crippen molar-refractivity contribution >= 4 is 0 Å². The molecule has 1 aromatic carbocycles. The molecule has 0 radical (unpaired) electrons. The summed E-state index contributed by atoms with van der Waals surface area (Å²) in [6.07, 6.45) is 9.07. The number of rotatable bonds is 5. The molecule has 106 valence electrons. The lowest BCUT2D eigenvalue weighted by Crippen LogP contribution is -2.22. The lowest BCUT2D eigenvalue weighted by Gasteiger charge is -2.15. The maximum atomic E-state index is 4.44. The Labute approximate surface area is 123 Å². The highest BCUT2D eigenvalue weighted by Crippen LogP contribution is 2.20. The minimum atomic E-state index is 0.00108. The van der Waals surface area contributed by atoms with Gasteiger partial charge in [0, 0.05) is 24.2 Å². The lowest BCUT2D eigenvalue weighted by atomic mass is 10.1. The van der Waals surface area contributed by atoms with Crippen molar-refractivity contribution in [1.82, 2.24) is 25.1 Å². The molecule has 0 saturated carbocycles. The van der Waals surface area contributed by atoms with Crippen LogP contribution in [0.1, 0.15) is 24.2 Å². The van der Waals surface area contributed by atoms with Gasteiger partial charge in [-0.15, -0.1) is 0 Å². The highest BCUT2D eigenvalue weighted by molar-refractivity contribution is 5.32. The van der Waals surface area contributed by atoms with Crippen LogP contribution in [-0.2, 0) is 0 Å². The Bertz CT molecular complexity index is 678. The molecule has 5 nitrogen and oxygen atoms in total. The molecule has 1 N–H and O–H groups in total. The van der Waals surface area contributed by atoms with Crippen molar-refractivity contribution in [2.24, 2.45) is 0 Å². The molecule has 3 rings (SSSR count). The Kier molecular flexibility index (Phi) is 4.02. The Morgan fingerprint density at radius 3 is 2.71 bits per heavy atom. The fourth-order valence-corrected chi connectivity index (χ4v) is 2.26. The van der Waals surface area contributed by atoms with Gasteiger partial charge in [-0.1, -0.05) is 25.1 Å². The predicted molar refractivity (Wildman–Crippen MR) is 81.1 cm³/mol. The van der Waals surface area contributed by atoms with Crippen molar-refractivity contribution < 1.29 is 0 Å². The number of nitrogens with zero attached hydrogens (tertiary/aromatic N) is 4. The largest absolute Gasteiger partial charge is 0.305 e. The normalized spacial score (nSPS) is 12.2. The van der Waals surface area contributed by atoms with Crippen molar-refractivity contribution in [3.63, 3.8) is 0 Å². The van der Waals surface area contributed by atoms with Crippen LogP contribution < -0.4 is 5.32 Å². The van der Waals surface area contributed by atoms with Crippen LogP contribution in [0.25, 0.3) is 5.69 Å². The molecular formula is C16H17N5. The maximum Gasteiger partial charge on any atom is 0.0802 e. The molecule has 0 spiro atoms. The molecule has 3 aromatic rings. The van der Waals surface area contributed by atoms with Gasteiger partial charge in [0.2, 0.25) is 0 Å². The van der Waals surface area contributed by atoms with Gasteiger partial charge in [-0.25, -0.2) is 4.68 Å². The van der Waals surface area contributed by atoms with Gasteiger partial charge in [-0.05, 0) is 18.7 Å². The van der Waals surface area contributed by atoms with Crippen LogP contribution in [0.2, 0.25) is 0 Å². The summed E-state index contributed by atoms with van der Waals surface area (Å²) in [7, 11) is 0. The summed E-state index contributed by atoms with van der Waals surface area (Å²) in [5.41, 5.74) is 3.01. The molecule has 0 amide bonds. The molecule has 5 heteroatoms. The van der Waals surface area contributed by atoms with Gasteiger partial charge in [0.25, 0.3) is 0 Å². The van der Waals surface area contributed by atoms with Crippen LogP contribution in [0.3, 0.4) is 0 Å². The number of hydrogen-bond donors (Lipinski definition) is 1. The van der Waals surface area contributed by atoms with Gasteiger partial charge < -0.3 is 5.32 Å². The van der Waals surface area contributed by atoms with E-state index in [1.165, 1.54) is 0 Å². The van der Waals surface area contributed by atoms with Crippen LogP contribution in [0, 0.1) is 0 Å². The third-order valence-corrected chi connectivity index (χ3v) is 3.24. The van der Waals surface area contributed by atoms with Gasteiger partial charge in [-0.3, -0.25) is 9.97 Å². The van der Waals surface area contributed by atoms with E-state index in [-0.39, 0.29) is 6.04 Å². The second-order valence-electron chi connectivity index (χ2n) is 4.67. The van der Waals surface area contributed by atoms with E-state index in [0.717, 1.165) is 23.5 Å². The smallest absolute Gasteiger partial charge is 0.0802 e. The second-order valence-corrected chi connectivity index (χ2v) is 4.67. The SMILES string of the molecule is CCNC(c1cnn(-c2ccccc2)c1)c1cnccn1. The van der Waals surface area contributed by atoms with E-state index < -0.39 is 0 Å². The number of aromatic nitrogens is 4. The van der Waals surface area contributed by atoms with Crippen LogP contribution in [0.5, 0.6) is 0 Å². The molecular weight excluding hydrogens is 262 g/mol. The van der Waals surface area contributed by atoms with Gasteiger partial charge in [0.05, 0.1) is 29.8 Å². The Balaban J connectivity index is 1.93. The third-order valence-electron chi connectivity index (χ3n) is 3.24. The second kappa shape index (κ2) is 6.28. The quantitative estimate of drug-likeness (QED) is 0.779. The maximum absolute atomic E-state index is 4.44. The average Bonchev–Trinajstić information content (AvgIpc) is 3.04. The molecule has 0 fully saturated rings. The number of nitrogens with one attached hydrogen (secondary N) is 1. The topological polar surface area (TPSA) is 55.6 Å². The van der Waals surface area contributed by atoms with Gasteiger partial charge in [0.1, 0.15) is 0 Å². The van der Waals surface area contributed by atoms with Crippen LogP contribution in [0.15, 0.2) is 61.3 Å². The Morgan fingerprint density at radius 1 is 1.14 bits per heavy atom. The summed E-state index contributed by atoms with van der Waals surface area (Å²) in [5.74, 6) is 0. The minimum absolute atomic E-state index is 0.00108. The van der Waals surface area contributed by atoms with Gasteiger partial charge in [0.15, 0.2) is 0 Å². The molecule has 2 aromatic heterocycles. The zero-order valence-corrected chi connectivity index (χ0v) is 11.8. The monoisotopic (exact) mass is 279 g/mol. The minimum Gasteiger partial charge on any atom is -0.305 e. The molecule has 0 saturated heterocycles. The molecule has 0 aliphatic carbocycles. The van der Waals surface area contributed by atoms with Gasteiger partial charge in [-0.2, -0.15) is 5.10 Å². The van der Waals surface area contributed by atoms with Crippen molar-refractivity contribution in [3.8, 4) is 5.69 Å². The summed E-state index contributed by atoms with van der Waals surface area (Å²) in [5, 5.41) is 7.87. The van der Waals surface area contributed by atoms with E-state index in [1.54, 1.807) is 18.6 Å². The highest BCUT2D eigenvalue weighted by Gasteiger charge is 2.16. The zero-order chi connectivity index (χ0) is 14.5. The summed E-state index contributed by atoms with van der Waals surface area (Å²) in [4.78, 5) is 8.54. The lowest BCUT2D eigenvalue weighted by molar-refractivity contribution is 0.612. The Hall–Kier alpha value is -2.53. The molecule has 0 aliphatic rings. The first-order valence-electron chi connectivity index (χ1n) is 6.97. The molecule has 1 atom stereocenters. The number of hydrogen-bond acceptors (Lipinski definition) is 4. The van der Waals surface area contributed by atoms with Crippen LogP contribution in [0.4, 0.5) is 0 Å². The first-order chi connectivity index (χ1) is 10.4. The van der Waals surface area contributed by atoms with E-state index in [2.05, 4.69) is 27.3 Å². The van der Waals surface area contributed by atoms with E-state index in [4.69, 9.17) is 0 Å². The van der Waals surface area contributed by atoms with Crippen LogP contribution in [-0.4, -0.2) is 26.3 Å². The zero-order valence-electron chi connectivity index (χ0n) is 11.8. The van der Waals surface area contributed by atoms with Crippen molar-refractivity contribution in [1.29, 1.82) is 0 Å².